The van der Waals surface area contributed by atoms with E-state index >= 15 is 0 Å². The molecule has 2 aliphatic rings. The first-order valence-corrected chi connectivity index (χ1v) is 43.8. The van der Waals surface area contributed by atoms with Gasteiger partial charge >= 0.3 is 25.7 Å². The van der Waals surface area contributed by atoms with Crippen molar-refractivity contribution in [2.75, 3.05) is 13.2 Å². The minimum Gasteiger partial charge on any atom is -0.462 e. The van der Waals surface area contributed by atoms with Crippen LogP contribution < -0.4 is 10.6 Å². The van der Waals surface area contributed by atoms with Gasteiger partial charge in [0.15, 0.2) is 12.4 Å². The second-order valence-electron chi connectivity index (χ2n) is 30.5. The van der Waals surface area contributed by atoms with Crippen LogP contribution in [0.1, 0.15) is 394 Å². The average Bonchev–Trinajstić information content (AvgIpc) is 0.783. The number of nitrogens with one attached hydrogen (secondary N) is 2. The predicted molar refractivity (Wildman–Crippen MR) is 407 cm³/mol. The summed E-state index contributed by atoms with van der Waals surface area (Å²) in [6, 6.07) is -3.06. The highest BCUT2D eigenvalue weighted by atomic mass is 31.2. The van der Waals surface area contributed by atoms with Crippen molar-refractivity contribution in [1.82, 2.24) is 10.6 Å². The van der Waals surface area contributed by atoms with Gasteiger partial charge in [-0.1, -0.05) is 311 Å². The van der Waals surface area contributed by atoms with E-state index in [0.29, 0.717) is 44.9 Å². The largest absolute Gasteiger partial charge is 0.469 e. The number of rotatable bonds is 69. The number of ether oxygens (including phenoxy) is 5. The van der Waals surface area contributed by atoms with Gasteiger partial charge < -0.3 is 69.6 Å². The van der Waals surface area contributed by atoms with Crippen LogP contribution in [0.2, 0.25) is 0 Å². The van der Waals surface area contributed by atoms with Crippen LogP contribution in [0.5, 0.6) is 0 Å². The van der Waals surface area contributed by atoms with Crippen molar-refractivity contribution >= 4 is 37.5 Å². The number of carbonyl (C=O) groups is 5. The number of amides is 2. The Balaban J connectivity index is 2.53. The molecule has 1 saturated heterocycles. The van der Waals surface area contributed by atoms with E-state index in [1.54, 1.807) is 0 Å². The smallest absolute Gasteiger partial charge is 0.462 e. The summed E-state index contributed by atoms with van der Waals surface area (Å²) in [6.07, 6.45) is 35.1. The van der Waals surface area contributed by atoms with Crippen molar-refractivity contribution in [2.45, 2.75) is 467 Å². The van der Waals surface area contributed by atoms with Gasteiger partial charge in [0.25, 0.3) is 0 Å². The highest BCUT2D eigenvalue weighted by Crippen LogP contribution is 2.44. The van der Waals surface area contributed by atoms with Crippen molar-refractivity contribution in [3.63, 3.8) is 0 Å². The van der Waals surface area contributed by atoms with E-state index in [0.717, 1.165) is 154 Å². The number of esters is 3. The molecule has 0 radical (unpaired) electrons. The zero-order chi connectivity index (χ0) is 75.6. The Hall–Kier alpha value is -2.82. The molecule has 1 aliphatic heterocycles. The van der Waals surface area contributed by atoms with Crippen molar-refractivity contribution in [1.29, 1.82) is 0 Å². The molecule has 21 nitrogen and oxygen atoms in total. The van der Waals surface area contributed by atoms with Gasteiger partial charge in [-0.15, -0.1) is 0 Å². The molecular formula is C81H153N2O19P. The number of phosphoric ester groups is 1. The van der Waals surface area contributed by atoms with Crippen molar-refractivity contribution in [2.24, 2.45) is 5.92 Å². The van der Waals surface area contributed by atoms with Crippen LogP contribution in [0, 0.1) is 5.92 Å². The summed E-state index contributed by atoms with van der Waals surface area (Å²) in [6.45, 7) is 9.54. The van der Waals surface area contributed by atoms with Crippen LogP contribution in [0.25, 0.3) is 0 Å². The Morgan fingerprint density at radius 1 is 0.437 bits per heavy atom. The molecule has 2 fully saturated rings. The third-order valence-electron chi connectivity index (χ3n) is 20.9. The van der Waals surface area contributed by atoms with Crippen LogP contribution in [0.4, 0.5) is 0 Å². The summed E-state index contributed by atoms with van der Waals surface area (Å²) < 4.78 is 49.2. The molecule has 1 aliphatic carbocycles. The molecule has 0 aromatic rings. The van der Waals surface area contributed by atoms with Crippen LogP contribution in [-0.2, 0) is 56.7 Å². The van der Waals surface area contributed by atoms with E-state index in [-0.39, 0.29) is 32.1 Å². The number of hydrogen-bond donors (Lipinski definition) is 9. The Kier molecular flexibility index (Phi) is 58.9. The summed E-state index contributed by atoms with van der Waals surface area (Å²) >= 11 is 0. The van der Waals surface area contributed by atoms with Crippen molar-refractivity contribution in [3.05, 3.63) is 0 Å². The maximum atomic E-state index is 14.9. The standard InChI is InChI=1S/C81H153N2O19P/c1-6-11-16-21-26-31-32-37-42-47-52-57-73(89)99-67(55-50-45-40-35-29-24-19-14-9-4)61-74(90)101-80-75(82-71(87)60-66(54-49-44-39-34-28-23-18-13-8-3)98-72(88)56-51-46-41-36-30-25-20-15-10-5)68(58-64(62-84)79(80)102-103(94,95)96)97-63-69-77(91)78(92)76(81(93)100-69)83-70(86)59-65(85)53-48-43-38-33-27-22-17-12-7-2/h64-69,75-81,84-85,91-93H,6-63H2,1-5H3,(H,82,87)(H,83,86)(H2,94,95,96)/t64?,65-,66-,67-,68-,69?,75?,76?,77-,78-,79-,80-,81?/m1/s1. The number of aliphatic hydroxyl groups is 5. The fourth-order valence-corrected chi connectivity index (χ4v) is 15.2. The van der Waals surface area contributed by atoms with Gasteiger partial charge in [0.1, 0.15) is 42.7 Å². The molecule has 1 heterocycles. The molecule has 103 heavy (non-hydrogen) atoms. The van der Waals surface area contributed by atoms with E-state index in [4.69, 9.17) is 28.2 Å². The maximum absolute atomic E-state index is 14.9. The lowest BCUT2D eigenvalue weighted by atomic mass is 9.79. The normalized spacial score (nSPS) is 21.6. The molecule has 2 rings (SSSR count). The number of phosphoric acid groups is 1. The second-order valence-corrected chi connectivity index (χ2v) is 31.7. The lowest BCUT2D eigenvalue weighted by Crippen LogP contribution is -2.66. The number of hydrogen-bond acceptors (Lipinski definition) is 17. The van der Waals surface area contributed by atoms with E-state index in [1.807, 2.05) is 0 Å². The summed E-state index contributed by atoms with van der Waals surface area (Å²) in [7, 11) is -5.47. The minimum atomic E-state index is -5.47. The summed E-state index contributed by atoms with van der Waals surface area (Å²) in [5.74, 6) is -4.50. The Morgan fingerprint density at radius 2 is 0.786 bits per heavy atom. The van der Waals surface area contributed by atoms with Gasteiger partial charge in [-0.2, -0.15) is 0 Å². The molecule has 5 unspecified atom stereocenters. The molecular weight excluding hydrogens is 1340 g/mol. The van der Waals surface area contributed by atoms with E-state index in [1.165, 1.54) is 122 Å². The SMILES string of the molecule is CCCCCCCCCCCCCC(=O)O[C@H](CCCCCCCCCCC)CC(=O)O[C@@H]1C(NC(=O)C[C@@H](CCCCCCCCCCC)OC(=O)CCCCCCCCCCC)[C@H](OCC2OC(O)C(NC(=O)C[C@H](O)CCCCCCCCCCC)[C@@H](O)[C@@H]2O)CC(CO)[C@H]1OP(=O)(O)O. The Bertz CT molecular complexity index is 2140. The monoisotopic (exact) mass is 1490 g/mol. The first kappa shape index (κ1) is 96.3. The third-order valence-corrected chi connectivity index (χ3v) is 21.4. The summed E-state index contributed by atoms with van der Waals surface area (Å²) in [4.78, 5) is 91.1. The molecule has 0 bridgehead atoms. The van der Waals surface area contributed by atoms with Crippen molar-refractivity contribution < 1.29 is 92.1 Å². The van der Waals surface area contributed by atoms with Gasteiger partial charge in [-0.25, -0.2) is 4.57 Å². The van der Waals surface area contributed by atoms with Crippen molar-refractivity contribution in [3.8, 4) is 0 Å². The van der Waals surface area contributed by atoms with Gasteiger partial charge in [-0.3, -0.25) is 28.5 Å². The quantitative estimate of drug-likeness (QED) is 0.0118. The molecule has 0 spiro atoms. The highest BCUT2D eigenvalue weighted by molar-refractivity contribution is 7.46. The molecule has 22 heteroatoms. The summed E-state index contributed by atoms with van der Waals surface area (Å²) in [5.41, 5.74) is 0. The highest BCUT2D eigenvalue weighted by Gasteiger charge is 2.52. The predicted octanol–water partition coefficient (Wildman–Crippen LogP) is 16.9. The van der Waals surface area contributed by atoms with Gasteiger partial charge in [-0.05, 0) is 51.4 Å². The zero-order valence-electron chi connectivity index (χ0n) is 65.5. The van der Waals surface area contributed by atoms with Gasteiger partial charge in [0.05, 0.1) is 44.1 Å². The molecule has 9 N–H and O–H groups in total. The fourth-order valence-electron chi connectivity index (χ4n) is 14.6. The summed E-state index contributed by atoms with van der Waals surface area (Å²) in [5, 5.41) is 61.6. The molecule has 0 aromatic carbocycles. The molecule has 2 amide bonds. The molecule has 606 valence electrons. The fraction of sp³-hybridized carbons (Fsp3) is 0.938. The lowest BCUT2D eigenvalue weighted by Gasteiger charge is -2.46. The number of carbonyl (C=O) groups excluding carboxylic acids is 5. The van der Waals surface area contributed by atoms with E-state index < -0.39 is 136 Å². The molecule has 13 atom stereocenters. The van der Waals surface area contributed by atoms with Crippen LogP contribution >= 0.6 is 7.82 Å². The molecule has 0 aromatic heterocycles. The van der Waals surface area contributed by atoms with E-state index in [2.05, 4.69) is 45.3 Å². The topological polar surface area (TPSA) is 323 Å². The van der Waals surface area contributed by atoms with Gasteiger partial charge in [0.2, 0.25) is 11.8 Å². The lowest BCUT2D eigenvalue weighted by molar-refractivity contribution is -0.262. The first-order chi connectivity index (χ1) is 49.8. The third kappa shape index (κ3) is 49.1. The Labute approximate surface area is 624 Å². The maximum Gasteiger partial charge on any atom is 0.469 e. The van der Waals surface area contributed by atoms with Crippen LogP contribution in [0.15, 0.2) is 0 Å². The van der Waals surface area contributed by atoms with E-state index in [9.17, 15) is 63.9 Å². The van der Waals surface area contributed by atoms with Crippen LogP contribution in [-0.4, -0.2) is 152 Å². The minimum absolute atomic E-state index is 0.146. The number of aliphatic hydroxyl groups excluding tert-OH is 5. The second kappa shape index (κ2) is 63.0. The first-order valence-electron chi connectivity index (χ1n) is 42.3. The average molecular weight is 1490 g/mol. The Morgan fingerprint density at radius 3 is 1.17 bits per heavy atom. The van der Waals surface area contributed by atoms with Gasteiger partial charge in [0, 0.05) is 25.4 Å². The zero-order valence-corrected chi connectivity index (χ0v) is 66.4. The number of unbranched alkanes of at least 4 members (excludes halogenated alkanes) is 42. The molecule has 1 saturated carbocycles. The van der Waals surface area contributed by atoms with Crippen LogP contribution in [0.3, 0.4) is 0 Å².